The Hall–Kier alpha value is -1.45. The number of hydrogen-bond acceptors (Lipinski definition) is 3. The molecule has 1 rings (SSSR count). The Morgan fingerprint density at radius 1 is 1.42 bits per heavy atom. The minimum atomic E-state index is -0.104. The first-order chi connectivity index (χ1) is 5.79. The molecule has 0 atom stereocenters. The van der Waals surface area contributed by atoms with Crippen LogP contribution < -0.4 is 5.32 Å². The monoisotopic (exact) mass is 167 g/mol. The first-order valence-electron chi connectivity index (χ1n) is 3.83. The van der Waals surface area contributed by atoms with E-state index >= 15 is 0 Å². The van der Waals surface area contributed by atoms with Crippen LogP contribution in [0, 0.1) is 0 Å². The van der Waals surface area contributed by atoms with Gasteiger partial charge in [-0.25, -0.2) is 0 Å². The SMILES string of the molecule is CC.CC(=O)Nc1ccnnc1. The number of rotatable bonds is 1. The number of aromatic nitrogens is 2. The van der Waals surface area contributed by atoms with Crippen molar-refractivity contribution in [3.63, 3.8) is 0 Å². The van der Waals surface area contributed by atoms with Gasteiger partial charge in [-0.15, -0.1) is 0 Å². The maximum Gasteiger partial charge on any atom is 0.221 e. The summed E-state index contributed by atoms with van der Waals surface area (Å²) in [5.41, 5.74) is 0.669. The highest BCUT2D eigenvalue weighted by Gasteiger charge is 1.91. The summed E-state index contributed by atoms with van der Waals surface area (Å²) in [4.78, 5) is 10.5. The second kappa shape index (κ2) is 6.27. The molecule has 1 heterocycles. The average Bonchev–Trinajstić information content (AvgIpc) is 2.08. The van der Waals surface area contributed by atoms with E-state index in [2.05, 4.69) is 15.5 Å². The standard InChI is InChI=1S/C6H7N3O.C2H6/c1-5(10)9-6-2-3-7-8-4-6;1-2/h2-4H,1H3,(H,7,9,10);1-2H3. The lowest BCUT2D eigenvalue weighted by atomic mass is 10.5. The van der Waals surface area contributed by atoms with E-state index < -0.39 is 0 Å². The fraction of sp³-hybridized carbons (Fsp3) is 0.375. The Morgan fingerprint density at radius 2 is 2.08 bits per heavy atom. The molecule has 66 valence electrons. The Bertz CT molecular complexity index is 223. The molecule has 0 radical (unpaired) electrons. The molecule has 4 nitrogen and oxygen atoms in total. The molecule has 1 amide bonds. The van der Waals surface area contributed by atoms with Crippen LogP contribution in [0.5, 0.6) is 0 Å². The van der Waals surface area contributed by atoms with Gasteiger partial charge in [0.05, 0.1) is 18.1 Å². The van der Waals surface area contributed by atoms with Crippen LogP contribution in [-0.4, -0.2) is 16.1 Å². The Morgan fingerprint density at radius 3 is 2.50 bits per heavy atom. The van der Waals surface area contributed by atoms with Crippen molar-refractivity contribution in [2.45, 2.75) is 20.8 Å². The van der Waals surface area contributed by atoms with E-state index in [0.717, 1.165) is 0 Å². The van der Waals surface area contributed by atoms with Gasteiger partial charge in [0.1, 0.15) is 0 Å². The molecule has 0 aromatic carbocycles. The van der Waals surface area contributed by atoms with Gasteiger partial charge in [0.2, 0.25) is 5.91 Å². The van der Waals surface area contributed by atoms with E-state index in [1.165, 1.54) is 19.3 Å². The number of carbonyl (C=O) groups excluding carboxylic acids is 1. The minimum absolute atomic E-state index is 0.104. The predicted molar refractivity (Wildman–Crippen MR) is 47.7 cm³/mol. The molecule has 12 heavy (non-hydrogen) atoms. The zero-order valence-electron chi connectivity index (χ0n) is 7.53. The highest BCUT2D eigenvalue weighted by molar-refractivity contribution is 5.88. The first kappa shape index (κ1) is 10.6. The van der Waals surface area contributed by atoms with E-state index in [0.29, 0.717) is 5.69 Å². The summed E-state index contributed by atoms with van der Waals surface area (Å²) in [5, 5.41) is 9.69. The third kappa shape index (κ3) is 4.38. The first-order valence-corrected chi connectivity index (χ1v) is 3.83. The van der Waals surface area contributed by atoms with Gasteiger partial charge < -0.3 is 5.32 Å². The molecule has 0 saturated carbocycles. The van der Waals surface area contributed by atoms with Crippen LogP contribution in [0.3, 0.4) is 0 Å². The molecule has 4 heteroatoms. The zero-order valence-corrected chi connectivity index (χ0v) is 7.53. The molecule has 1 aromatic rings. The number of hydrogen-bond donors (Lipinski definition) is 1. The lowest BCUT2D eigenvalue weighted by Gasteiger charge is -1.96. The van der Waals surface area contributed by atoms with E-state index in [-0.39, 0.29) is 5.91 Å². The summed E-state index contributed by atoms with van der Waals surface area (Å²) in [5.74, 6) is -0.104. The van der Waals surface area contributed by atoms with Crippen LogP contribution in [-0.2, 0) is 4.79 Å². The lowest BCUT2D eigenvalue weighted by molar-refractivity contribution is -0.114. The summed E-state index contributed by atoms with van der Waals surface area (Å²) in [7, 11) is 0. The number of anilines is 1. The summed E-state index contributed by atoms with van der Waals surface area (Å²) < 4.78 is 0. The average molecular weight is 167 g/mol. The van der Waals surface area contributed by atoms with Crippen LogP contribution in [0.4, 0.5) is 5.69 Å². The topological polar surface area (TPSA) is 54.9 Å². The highest BCUT2D eigenvalue weighted by atomic mass is 16.1. The zero-order chi connectivity index (χ0) is 9.40. The predicted octanol–water partition coefficient (Wildman–Crippen LogP) is 1.46. The number of amides is 1. The summed E-state index contributed by atoms with van der Waals surface area (Å²) in [6.45, 7) is 5.44. The van der Waals surface area contributed by atoms with Crippen LogP contribution in [0.15, 0.2) is 18.5 Å². The van der Waals surface area contributed by atoms with Gasteiger partial charge in [0.15, 0.2) is 0 Å². The van der Waals surface area contributed by atoms with E-state index in [4.69, 9.17) is 0 Å². The van der Waals surface area contributed by atoms with Gasteiger partial charge >= 0.3 is 0 Å². The van der Waals surface area contributed by atoms with Gasteiger partial charge in [-0.05, 0) is 6.07 Å². The van der Waals surface area contributed by atoms with Gasteiger partial charge in [-0.2, -0.15) is 10.2 Å². The molecule has 0 aliphatic rings. The van der Waals surface area contributed by atoms with Crippen molar-refractivity contribution in [2.24, 2.45) is 0 Å². The highest BCUT2D eigenvalue weighted by Crippen LogP contribution is 1.99. The molecular weight excluding hydrogens is 154 g/mol. The second-order valence-corrected chi connectivity index (χ2v) is 1.81. The molecule has 0 fully saturated rings. The number of nitrogens with one attached hydrogen (secondary N) is 1. The molecule has 1 N–H and O–H groups in total. The third-order valence-corrected chi connectivity index (χ3v) is 0.905. The lowest BCUT2D eigenvalue weighted by Crippen LogP contribution is -2.05. The Kier molecular flexibility index (Phi) is 5.51. The van der Waals surface area contributed by atoms with Gasteiger partial charge in [-0.3, -0.25) is 4.79 Å². The van der Waals surface area contributed by atoms with E-state index in [1.807, 2.05) is 13.8 Å². The molecule has 0 bridgehead atoms. The second-order valence-electron chi connectivity index (χ2n) is 1.81. The van der Waals surface area contributed by atoms with Crippen molar-refractivity contribution >= 4 is 11.6 Å². The molecule has 0 aliphatic heterocycles. The molecule has 0 spiro atoms. The fourth-order valence-electron chi connectivity index (χ4n) is 0.568. The fourth-order valence-corrected chi connectivity index (χ4v) is 0.568. The van der Waals surface area contributed by atoms with Gasteiger partial charge in [-0.1, -0.05) is 13.8 Å². The summed E-state index contributed by atoms with van der Waals surface area (Å²) in [6, 6.07) is 1.67. The molecule has 1 aromatic heterocycles. The van der Waals surface area contributed by atoms with Gasteiger partial charge in [0, 0.05) is 6.92 Å². The summed E-state index contributed by atoms with van der Waals surface area (Å²) >= 11 is 0. The smallest absolute Gasteiger partial charge is 0.221 e. The summed E-state index contributed by atoms with van der Waals surface area (Å²) in [6.07, 6.45) is 3.01. The van der Waals surface area contributed by atoms with Gasteiger partial charge in [0.25, 0.3) is 0 Å². The molecule has 0 unspecified atom stereocenters. The quantitative estimate of drug-likeness (QED) is 0.689. The molecular formula is C8H13N3O. The van der Waals surface area contributed by atoms with Crippen molar-refractivity contribution in [3.05, 3.63) is 18.5 Å². The van der Waals surface area contributed by atoms with Crippen molar-refractivity contribution in [1.29, 1.82) is 0 Å². The maximum atomic E-state index is 10.5. The van der Waals surface area contributed by atoms with Crippen molar-refractivity contribution in [3.8, 4) is 0 Å². The van der Waals surface area contributed by atoms with Crippen LogP contribution in [0.1, 0.15) is 20.8 Å². The molecule has 0 aliphatic carbocycles. The van der Waals surface area contributed by atoms with Crippen molar-refractivity contribution < 1.29 is 4.79 Å². The largest absolute Gasteiger partial charge is 0.325 e. The Balaban J connectivity index is 0.000000561. The number of nitrogens with zero attached hydrogens (tertiary/aromatic N) is 2. The Labute approximate surface area is 72.0 Å². The van der Waals surface area contributed by atoms with Crippen LogP contribution in [0.25, 0.3) is 0 Å². The maximum absolute atomic E-state index is 10.5. The number of carbonyl (C=O) groups is 1. The van der Waals surface area contributed by atoms with E-state index in [9.17, 15) is 4.79 Å². The third-order valence-electron chi connectivity index (χ3n) is 0.905. The van der Waals surface area contributed by atoms with Crippen LogP contribution >= 0.6 is 0 Å². The van der Waals surface area contributed by atoms with Crippen molar-refractivity contribution in [1.82, 2.24) is 10.2 Å². The normalized spacial score (nSPS) is 7.92. The molecule has 0 saturated heterocycles. The minimum Gasteiger partial charge on any atom is -0.325 e. The van der Waals surface area contributed by atoms with Crippen molar-refractivity contribution in [2.75, 3.05) is 5.32 Å². The van der Waals surface area contributed by atoms with Crippen LogP contribution in [0.2, 0.25) is 0 Å². The van der Waals surface area contributed by atoms with E-state index in [1.54, 1.807) is 6.07 Å².